The van der Waals surface area contributed by atoms with E-state index < -0.39 is 0 Å². The molecule has 1 unspecified atom stereocenters. The van der Waals surface area contributed by atoms with Gasteiger partial charge in [-0.15, -0.1) is 11.6 Å². The normalized spacial score (nSPS) is 12.2. The highest BCUT2D eigenvalue weighted by Gasteiger charge is 2.10. The van der Waals surface area contributed by atoms with Crippen LogP contribution in [0.2, 0.25) is 0 Å². The molecule has 0 amide bonds. The number of halogens is 2. The van der Waals surface area contributed by atoms with Crippen LogP contribution >= 0.6 is 27.5 Å². The van der Waals surface area contributed by atoms with Crippen LogP contribution in [0, 0.1) is 6.92 Å². The van der Waals surface area contributed by atoms with E-state index in [0.29, 0.717) is 5.88 Å². The van der Waals surface area contributed by atoms with Crippen LogP contribution in [0.25, 0.3) is 0 Å². The molecule has 0 aliphatic rings. The summed E-state index contributed by atoms with van der Waals surface area (Å²) < 4.78 is 1.01. The molecule has 0 aliphatic carbocycles. The Labute approximate surface area is 121 Å². The maximum atomic E-state index is 6.02. The largest absolute Gasteiger partial charge is 0.362 e. The van der Waals surface area contributed by atoms with Crippen LogP contribution in [0.3, 0.4) is 0 Å². The predicted molar refractivity (Wildman–Crippen MR) is 80.2 cm³/mol. The van der Waals surface area contributed by atoms with Crippen LogP contribution in [0.4, 0.5) is 5.82 Å². The fraction of sp³-hybridized carbons (Fsp3) is 0.214. The molecule has 2 aromatic rings. The lowest BCUT2D eigenvalue weighted by Gasteiger charge is -2.17. The number of hydrogen-bond acceptors (Lipinski definition) is 2. The summed E-state index contributed by atoms with van der Waals surface area (Å²) in [5.41, 5.74) is 2.31. The van der Waals surface area contributed by atoms with E-state index in [1.165, 1.54) is 0 Å². The first kappa shape index (κ1) is 13.4. The van der Waals surface area contributed by atoms with E-state index in [2.05, 4.69) is 38.4 Å². The van der Waals surface area contributed by atoms with Gasteiger partial charge in [-0.1, -0.05) is 30.3 Å². The molecule has 94 valence electrons. The smallest absolute Gasteiger partial charge is 0.126 e. The highest BCUT2D eigenvalue weighted by Crippen LogP contribution is 2.22. The minimum Gasteiger partial charge on any atom is -0.362 e. The van der Waals surface area contributed by atoms with Crippen LogP contribution < -0.4 is 5.32 Å². The van der Waals surface area contributed by atoms with Gasteiger partial charge < -0.3 is 5.32 Å². The average Bonchev–Trinajstić information content (AvgIpc) is 2.41. The molecular formula is C14H14BrClN2. The molecule has 0 fully saturated rings. The highest BCUT2D eigenvalue weighted by molar-refractivity contribution is 9.10. The molecule has 2 rings (SSSR count). The van der Waals surface area contributed by atoms with Gasteiger partial charge in [0.1, 0.15) is 5.82 Å². The average molecular weight is 326 g/mol. The van der Waals surface area contributed by atoms with E-state index in [9.17, 15) is 0 Å². The van der Waals surface area contributed by atoms with Crippen LogP contribution in [-0.4, -0.2) is 10.9 Å². The quantitative estimate of drug-likeness (QED) is 0.835. The van der Waals surface area contributed by atoms with Crippen molar-refractivity contribution < 1.29 is 0 Å². The molecule has 1 N–H and O–H groups in total. The Bertz CT molecular complexity index is 516. The Morgan fingerprint density at radius 2 is 2.06 bits per heavy atom. The van der Waals surface area contributed by atoms with Crippen LogP contribution in [0.15, 0.2) is 47.1 Å². The van der Waals surface area contributed by atoms with Crippen molar-refractivity contribution in [3.63, 3.8) is 0 Å². The van der Waals surface area contributed by atoms with E-state index in [1.807, 2.05) is 31.2 Å². The first-order chi connectivity index (χ1) is 8.70. The van der Waals surface area contributed by atoms with Crippen molar-refractivity contribution in [1.29, 1.82) is 0 Å². The Kier molecular flexibility index (Phi) is 4.61. The standard InChI is InChI=1S/C14H14BrClN2/c1-10-7-14(17-9-12(10)15)18-13(8-16)11-5-3-2-4-6-11/h2-7,9,13H,8H2,1H3,(H,17,18). The summed E-state index contributed by atoms with van der Waals surface area (Å²) >= 11 is 9.46. The number of alkyl halides is 1. The third kappa shape index (κ3) is 3.24. The zero-order valence-electron chi connectivity index (χ0n) is 10.0. The molecule has 0 radical (unpaired) electrons. The predicted octanol–water partition coefficient (Wildman–Crippen LogP) is 4.54. The van der Waals surface area contributed by atoms with Gasteiger partial charge in [-0.25, -0.2) is 4.98 Å². The van der Waals surface area contributed by atoms with Crippen LogP contribution in [-0.2, 0) is 0 Å². The van der Waals surface area contributed by atoms with Gasteiger partial charge in [0.2, 0.25) is 0 Å². The molecule has 0 bridgehead atoms. The van der Waals surface area contributed by atoms with E-state index in [0.717, 1.165) is 21.4 Å². The summed E-state index contributed by atoms with van der Waals surface area (Å²) in [6.45, 7) is 2.04. The van der Waals surface area contributed by atoms with Gasteiger partial charge in [0, 0.05) is 16.5 Å². The molecule has 0 saturated carbocycles. The van der Waals surface area contributed by atoms with Gasteiger partial charge in [-0.05, 0) is 40.0 Å². The fourth-order valence-electron chi connectivity index (χ4n) is 1.69. The second-order valence-corrected chi connectivity index (χ2v) is 5.24. The summed E-state index contributed by atoms with van der Waals surface area (Å²) in [5.74, 6) is 1.34. The van der Waals surface area contributed by atoms with Crippen molar-refractivity contribution in [3.05, 3.63) is 58.2 Å². The Morgan fingerprint density at radius 1 is 1.33 bits per heavy atom. The molecule has 2 nitrogen and oxygen atoms in total. The molecule has 1 aromatic carbocycles. The number of anilines is 1. The zero-order valence-corrected chi connectivity index (χ0v) is 12.4. The summed E-state index contributed by atoms with van der Waals surface area (Å²) in [4.78, 5) is 4.34. The number of hydrogen-bond donors (Lipinski definition) is 1. The second kappa shape index (κ2) is 6.21. The summed E-state index contributed by atoms with van der Waals surface area (Å²) in [6, 6.07) is 12.2. The number of aromatic nitrogens is 1. The molecule has 1 aromatic heterocycles. The van der Waals surface area contributed by atoms with E-state index in [4.69, 9.17) is 11.6 Å². The number of nitrogens with zero attached hydrogens (tertiary/aromatic N) is 1. The topological polar surface area (TPSA) is 24.9 Å². The third-order valence-corrected chi connectivity index (χ3v) is 3.86. The Balaban J connectivity index is 2.18. The first-order valence-electron chi connectivity index (χ1n) is 5.70. The van der Waals surface area contributed by atoms with Crippen LogP contribution in [0.1, 0.15) is 17.2 Å². The molecule has 0 saturated heterocycles. The molecule has 1 atom stereocenters. The second-order valence-electron chi connectivity index (χ2n) is 4.08. The lowest BCUT2D eigenvalue weighted by atomic mass is 10.1. The summed E-state index contributed by atoms with van der Waals surface area (Å²) in [5, 5.41) is 3.35. The Hall–Kier alpha value is -1.06. The molecule has 0 spiro atoms. The lowest BCUT2D eigenvalue weighted by Crippen LogP contribution is -2.13. The van der Waals surface area contributed by atoms with Crippen molar-refractivity contribution in [2.75, 3.05) is 11.2 Å². The number of nitrogens with one attached hydrogen (secondary N) is 1. The van der Waals surface area contributed by atoms with Gasteiger partial charge in [-0.2, -0.15) is 0 Å². The molecule has 1 heterocycles. The van der Waals surface area contributed by atoms with E-state index in [-0.39, 0.29) is 6.04 Å². The highest BCUT2D eigenvalue weighted by atomic mass is 79.9. The van der Waals surface area contributed by atoms with Crippen molar-refractivity contribution in [3.8, 4) is 0 Å². The van der Waals surface area contributed by atoms with Gasteiger partial charge in [-0.3, -0.25) is 0 Å². The minimum atomic E-state index is 0.0703. The Morgan fingerprint density at radius 3 is 2.67 bits per heavy atom. The van der Waals surface area contributed by atoms with E-state index in [1.54, 1.807) is 6.20 Å². The molecule has 18 heavy (non-hydrogen) atoms. The van der Waals surface area contributed by atoms with Crippen molar-refractivity contribution >= 4 is 33.3 Å². The van der Waals surface area contributed by atoms with Crippen molar-refractivity contribution in [2.24, 2.45) is 0 Å². The minimum absolute atomic E-state index is 0.0703. The van der Waals surface area contributed by atoms with E-state index >= 15 is 0 Å². The molecular weight excluding hydrogens is 312 g/mol. The first-order valence-corrected chi connectivity index (χ1v) is 7.03. The number of pyridine rings is 1. The van der Waals surface area contributed by atoms with Gasteiger partial charge in [0.25, 0.3) is 0 Å². The number of benzene rings is 1. The van der Waals surface area contributed by atoms with Crippen molar-refractivity contribution in [1.82, 2.24) is 4.98 Å². The van der Waals surface area contributed by atoms with Crippen LogP contribution in [0.5, 0.6) is 0 Å². The molecule has 0 aliphatic heterocycles. The number of rotatable bonds is 4. The van der Waals surface area contributed by atoms with Gasteiger partial charge >= 0.3 is 0 Å². The molecule has 4 heteroatoms. The summed E-state index contributed by atoms with van der Waals surface area (Å²) in [6.07, 6.45) is 1.80. The van der Waals surface area contributed by atoms with Crippen molar-refractivity contribution in [2.45, 2.75) is 13.0 Å². The number of aryl methyl sites for hydroxylation is 1. The SMILES string of the molecule is Cc1cc(NC(CCl)c2ccccc2)ncc1Br. The monoisotopic (exact) mass is 324 g/mol. The summed E-state index contributed by atoms with van der Waals surface area (Å²) in [7, 11) is 0. The maximum absolute atomic E-state index is 6.02. The van der Waals surface area contributed by atoms with Gasteiger partial charge in [0.05, 0.1) is 6.04 Å². The van der Waals surface area contributed by atoms with Gasteiger partial charge in [0.15, 0.2) is 0 Å². The maximum Gasteiger partial charge on any atom is 0.126 e. The fourth-order valence-corrected chi connectivity index (χ4v) is 2.17. The lowest BCUT2D eigenvalue weighted by molar-refractivity contribution is 0.882. The zero-order chi connectivity index (χ0) is 13.0. The third-order valence-electron chi connectivity index (χ3n) is 2.73.